The molecule has 1 aromatic rings. The van der Waals surface area contributed by atoms with Crippen LogP contribution in [-0.2, 0) is 0 Å². The van der Waals surface area contributed by atoms with Gasteiger partial charge >= 0.3 is 0 Å². The van der Waals surface area contributed by atoms with E-state index in [1.54, 1.807) is 0 Å². The van der Waals surface area contributed by atoms with Crippen LogP contribution in [0.3, 0.4) is 0 Å². The second-order valence-corrected chi connectivity index (χ2v) is 4.87. The summed E-state index contributed by atoms with van der Waals surface area (Å²) in [5, 5.41) is 3.27. The number of rotatable bonds is 2. The molecule has 1 heterocycles. The number of nitrogens with zero attached hydrogens (tertiary/aromatic N) is 1. The molecular formula is C13H18N2O. The van der Waals surface area contributed by atoms with Gasteiger partial charge in [0.05, 0.1) is 12.1 Å². The van der Waals surface area contributed by atoms with E-state index in [1.807, 2.05) is 45.0 Å². The number of ether oxygens (including phenoxy) is 1. The molecule has 0 spiro atoms. The minimum Gasteiger partial charge on any atom is -0.487 e. The summed E-state index contributed by atoms with van der Waals surface area (Å²) >= 11 is 0. The van der Waals surface area contributed by atoms with Gasteiger partial charge in [0.25, 0.3) is 0 Å². The highest BCUT2D eigenvalue weighted by Crippen LogP contribution is 2.23. The molecule has 0 saturated heterocycles. The predicted molar refractivity (Wildman–Crippen MR) is 66.2 cm³/mol. The first-order chi connectivity index (χ1) is 7.56. The van der Waals surface area contributed by atoms with Crippen molar-refractivity contribution in [3.8, 4) is 5.75 Å². The van der Waals surface area contributed by atoms with Crippen LogP contribution in [-0.4, -0.2) is 24.5 Å². The van der Waals surface area contributed by atoms with E-state index in [2.05, 4.69) is 10.3 Å². The van der Waals surface area contributed by atoms with E-state index in [4.69, 9.17) is 4.74 Å². The van der Waals surface area contributed by atoms with E-state index in [1.165, 1.54) is 0 Å². The summed E-state index contributed by atoms with van der Waals surface area (Å²) in [7, 11) is 0. The van der Waals surface area contributed by atoms with Crippen molar-refractivity contribution in [2.75, 3.05) is 13.1 Å². The third-order valence-corrected chi connectivity index (χ3v) is 2.23. The first-order valence-electron chi connectivity index (χ1n) is 5.63. The zero-order chi connectivity index (χ0) is 11.6. The second kappa shape index (κ2) is 4.16. The molecule has 0 saturated carbocycles. The van der Waals surface area contributed by atoms with Gasteiger partial charge in [-0.3, -0.25) is 4.99 Å². The Hall–Kier alpha value is -1.51. The van der Waals surface area contributed by atoms with Crippen LogP contribution in [0.15, 0.2) is 29.3 Å². The molecule has 0 atom stereocenters. The molecule has 16 heavy (non-hydrogen) atoms. The van der Waals surface area contributed by atoms with Crippen molar-refractivity contribution in [2.45, 2.75) is 26.4 Å². The van der Waals surface area contributed by atoms with Gasteiger partial charge in [-0.25, -0.2) is 0 Å². The van der Waals surface area contributed by atoms with Crippen molar-refractivity contribution in [1.29, 1.82) is 0 Å². The molecule has 0 unspecified atom stereocenters. The molecule has 1 aliphatic heterocycles. The first kappa shape index (κ1) is 11.0. The van der Waals surface area contributed by atoms with Crippen molar-refractivity contribution < 1.29 is 4.74 Å². The number of amidine groups is 1. The zero-order valence-electron chi connectivity index (χ0n) is 10.1. The molecule has 0 aromatic heterocycles. The van der Waals surface area contributed by atoms with Crippen molar-refractivity contribution >= 4 is 5.84 Å². The number of aliphatic imine (C=N–C) groups is 1. The highest BCUT2D eigenvalue weighted by Gasteiger charge is 2.17. The van der Waals surface area contributed by atoms with Crippen molar-refractivity contribution in [1.82, 2.24) is 5.32 Å². The standard InChI is InChI=1S/C13H18N2O/c1-13(2,3)16-11-7-5-4-6-10(11)12-14-8-9-15-12/h4-7H,8-9H2,1-3H3,(H,14,15). The summed E-state index contributed by atoms with van der Waals surface area (Å²) in [4.78, 5) is 4.42. The normalized spacial score (nSPS) is 15.6. The molecule has 1 N–H and O–H groups in total. The minimum atomic E-state index is -0.185. The minimum absolute atomic E-state index is 0.185. The van der Waals surface area contributed by atoms with Gasteiger partial charge in [-0.05, 0) is 32.9 Å². The highest BCUT2D eigenvalue weighted by atomic mass is 16.5. The average Bonchev–Trinajstić information content (AvgIpc) is 2.69. The van der Waals surface area contributed by atoms with Gasteiger partial charge in [-0.15, -0.1) is 0 Å². The van der Waals surface area contributed by atoms with Crippen LogP contribution in [0.4, 0.5) is 0 Å². The Morgan fingerprint density at radius 1 is 1.25 bits per heavy atom. The molecule has 1 aliphatic rings. The number of para-hydroxylation sites is 1. The van der Waals surface area contributed by atoms with Crippen LogP contribution < -0.4 is 10.1 Å². The molecule has 0 aliphatic carbocycles. The second-order valence-electron chi connectivity index (χ2n) is 4.87. The SMILES string of the molecule is CC(C)(C)Oc1ccccc1C1=NCCN1. The Bertz CT molecular complexity index is 405. The van der Waals surface area contributed by atoms with Crippen LogP contribution in [0.2, 0.25) is 0 Å². The zero-order valence-corrected chi connectivity index (χ0v) is 10.1. The topological polar surface area (TPSA) is 33.6 Å². The number of hydrogen-bond acceptors (Lipinski definition) is 3. The van der Waals surface area contributed by atoms with Crippen LogP contribution in [0, 0.1) is 0 Å². The molecule has 0 radical (unpaired) electrons. The fourth-order valence-corrected chi connectivity index (χ4v) is 1.66. The van der Waals surface area contributed by atoms with Gasteiger partial charge in [0.2, 0.25) is 0 Å². The number of hydrogen-bond donors (Lipinski definition) is 1. The lowest BCUT2D eigenvalue weighted by atomic mass is 10.1. The maximum absolute atomic E-state index is 5.92. The van der Waals surface area contributed by atoms with Gasteiger partial charge in [0.1, 0.15) is 17.2 Å². The number of nitrogens with one attached hydrogen (secondary N) is 1. The lowest BCUT2D eigenvalue weighted by Crippen LogP contribution is -2.26. The predicted octanol–water partition coefficient (Wildman–Crippen LogP) is 2.21. The molecule has 0 bridgehead atoms. The monoisotopic (exact) mass is 218 g/mol. The Kier molecular flexibility index (Phi) is 2.86. The van der Waals surface area contributed by atoms with Gasteiger partial charge in [-0.1, -0.05) is 12.1 Å². The number of benzene rings is 1. The summed E-state index contributed by atoms with van der Waals surface area (Å²) in [5.41, 5.74) is 0.866. The molecule has 1 aromatic carbocycles. The summed E-state index contributed by atoms with van der Waals surface area (Å²) in [5.74, 6) is 1.84. The average molecular weight is 218 g/mol. The summed E-state index contributed by atoms with van der Waals surface area (Å²) in [6.45, 7) is 7.91. The quantitative estimate of drug-likeness (QED) is 0.825. The van der Waals surface area contributed by atoms with Crippen LogP contribution in [0.25, 0.3) is 0 Å². The van der Waals surface area contributed by atoms with Gasteiger partial charge < -0.3 is 10.1 Å². The molecule has 3 heteroatoms. The van der Waals surface area contributed by atoms with E-state index >= 15 is 0 Å². The highest BCUT2D eigenvalue weighted by molar-refractivity contribution is 6.02. The first-order valence-corrected chi connectivity index (χ1v) is 5.63. The molecular weight excluding hydrogens is 200 g/mol. The Balaban J connectivity index is 2.30. The fraction of sp³-hybridized carbons (Fsp3) is 0.462. The molecule has 0 amide bonds. The van der Waals surface area contributed by atoms with Gasteiger partial charge in [0.15, 0.2) is 0 Å². The summed E-state index contributed by atoms with van der Waals surface area (Å²) in [6.07, 6.45) is 0. The summed E-state index contributed by atoms with van der Waals surface area (Å²) < 4.78 is 5.92. The lowest BCUT2D eigenvalue weighted by molar-refractivity contribution is 0.130. The molecule has 3 nitrogen and oxygen atoms in total. The largest absolute Gasteiger partial charge is 0.487 e. The van der Waals surface area contributed by atoms with Crippen LogP contribution in [0.5, 0.6) is 5.75 Å². The van der Waals surface area contributed by atoms with E-state index < -0.39 is 0 Å². The fourth-order valence-electron chi connectivity index (χ4n) is 1.66. The third-order valence-electron chi connectivity index (χ3n) is 2.23. The molecule has 0 fully saturated rings. The van der Waals surface area contributed by atoms with Crippen molar-refractivity contribution in [3.05, 3.63) is 29.8 Å². The molecule has 2 rings (SSSR count). The van der Waals surface area contributed by atoms with E-state index in [-0.39, 0.29) is 5.60 Å². The van der Waals surface area contributed by atoms with Crippen LogP contribution in [0.1, 0.15) is 26.3 Å². The van der Waals surface area contributed by atoms with Crippen molar-refractivity contribution in [2.24, 2.45) is 4.99 Å². The Morgan fingerprint density at radius 3 is 2.62 bits per heavy atom. The van der Waals surface area contributed by atoms with Gasteiger partial charge in [0, 0.05) is 6.54 Å². The Morgan fingerprint density at radius 2 is 2.00 bits per heavy atom. The Labute approximate surface area is 96.5 Å². The third kappa shape index (κ3) is 2.54. The lowest BCUT2D eigenvalue weighted by Gasteiger charge is -2.23. The maximum atomic E-state index is 5.92. The van der Waals surface area contributed by atoms with Crippen LogP contribution >= 0.6 is 0 Å². The van der Waals surface area contributed by atoms with E-state index in [0.717, 1.165) is 30.2 Å². The summed E-state index contributed by atoms with van der Waals surface area (Å²) in [6, 6.07) is 8.02. The van der Waals surface area contributed by atoms with Crippen molar-refractivity contribution in [3.63, 3.8) is 0 Å². The smallest absolute Gasteiger partial charge is 0.132 e. The maximum Gasteiger partial charge on any atom is 0.132 e. The molecule has 86 valence electrons. The van der Waals surface area contributed by atoms with E-state index in [0.29, 0.717) is 0 Å². The van der Waals surface area contributed by atoms with E-state index in [9.17, 15) is 0 Å². The van der Waals surface area contributed by atoms with Gasteiger partial charge in [-0.2, -0.15) is 0 Å².